The van der Waals surface area contributed by atoms with E-state index in [4.69, 9.17) is 4.74 Å². The summed E-state index contributed by atoms with van der Waals surface area (Å²) in [5, 5.41) is 6.45. The molecule has 0 radical (unpaired) electrons. The van der Waals surface area contributed by atoms with E-state index in [1.165, 1.54) is 5.56 Å². The Kier molecular flexibility index (Phi) is 7.08. The monoisotopic (exact) mass is 352 g/mol. The third-order valence-corrected chi connectivity index (χ3v) is 5.01. The number of carbonyl (C=O) groups excluding carboxylic acids is 1. The highest BCUT2D eigenvalue weighted by atomic mass is 16.5. The second-order valence-corrected chi connectivity index (χ2v) is 7.02. The van der Waals surface area contributed by atoms with E-state index in [1.54, 1.807) is 0 Å². The van der Waals surface area contributed by atoms with Crippen LogP contribution in [0.15, 0.2) is 60.7 Å². The summed E-state index contributed by atoms with van der Waals surface area (Å²) in [5.74, 6) is 0.479. The maximum absolute atomic E-state index is 11.8. The van der Waals surface area contributed by atoms with Crippen LogP contribution in [0.3, 0.4) is 0 Å². The number of alkyl carbamates (subject to hydrolysis) is 1. The molecule has 0 heterocycles. The minimum atomic E-state index is -0.321. The lowest BCUT2D eigenvalue weighted by Crippen LogP contribution is -2.34. The molecule has 2 aromatic carbocycles. The molecule has 0 saturated heterocycles. The number of hydrogen-bond donors (Lipinski definition) is 2. The van der Waals surface area contributed by atoms with E-state index < -0.39 is 0 Å². The van der Waals surface area contributed by atoms with Gasteiger partial charge in [0.05, 0.1) is 6.61 Å². The Morgan fingerprint density at radius 2 is 1.42 bits per heavy atom. The van der Waals surface area contributed by atoms with Crippen LogP contribution in [-0.4, -0.2) is 18.7 Å². The fourth-order valence-electron chi connectivity index (χ4n) is 3.41. The molecule has 138 valence electrons. The molecule has 2 N–H and O–H groups in total. The van der Waals surface area contributed by atoms with Crippen molar-refractivity contribution in [3.05, 3.63) is 71.8 Å². The minimum absolute atomic E-state index is 0.321. The standard InChI is InChI=1S/C22H28N2O2/c25-22(24-16-19-9-5-2-6-10-19)26-17-20-11-13-21(14-12-20)23-15-18-7-3-1-4-8-18/h1-10,20-21,23H,11-17H2,(H,24,25). The lowest BCUT2D eigenvalue weighted by atomic mass is 9.86. The van der Waals surface area contributed by atoms with Gasteiger partial charge in [-0.05, 0) is 42.7 Å². The van der Waals surface area contributed by atoms with E-state index in [1.807, 2.05) is 36.4 Å². The maximum atomic E-state index is 11.8. The number of nitrogens with one attached hydrogen (secondary N) is 2. The van der Waals surface area contributed by atoms with Crippen molar-refractivity contribution in [2.75, 3.05) is 6.61 Å². The van der Waals surface area contributed by atoms with Crippen LogP contribution in [0.4, 0.5) is 4.79 Å². The zero-order valence-electron chi connectivity index (χ0n) is 15.2. The quantitative estimate of drug-likeness (QED) is 0.783. The molecule has 0 atom stereocenters. The zero-order valence-corrected chi connectivity index (χ0v) is 15.2. The molecule has 0 bridgehead atoms. The minimum Gasteiger partial charge on any atom is -0.449 e. The average molecular weight is 352 g/mol. The predicted molar refractivity (Wildman–Crippen MR) is 104 cm³/mol. The maximum Gasteiger partial charge on any atom is 0.407 e. The number of ether oxygens (including phenoxy) is 1. The van der Waals surface area contributed by atoms with Crippen molar-refractivity contribution in [3.8, 4) is 0 Å². The first kappa shape index (κ1) is 18.5. The van der Waals surface area contributed by atoms with Gasteiger partial charge in [0.25, 0.3) is 0 Å². The van der Waals surface area contributed by atoms with Gasteiger partial charge in [-0.15, -0.1) is 0 Å². The van der Waals surface area contributed by atoms with Crippen LogP contribution in [0, 0.1) is 5.92 Å². The van der Waals surface area contributed by atoms with Crippen molar-refractivity contribution in [1.29, 1.82) is 0 Å². The first-order chi connectivity index (χ1) is 12.8. The summed E-state index contributed by atoms with van der Waals surface area (Å²) in [6.45, 7) is 1.95. The van der Waals surface area contributed by atoms with Crippen molar-refractivity contribution in [2.45, 2.75) is 44.8 Å². The number of carbonyl (C=O) groups is 1. The van der Waals surface area contributed by atoms with Gasteiger partial charge in [0.15, 0.2) is 0 Å². The second kappa shape index (κ2) is 9.97. The van der Waals surface area contributed by atoms with Crippen molar-refractivity contribution < 1.29 is 9.53 Å². The third-order valence-electron chi connectivity index (χ3n) is 5.01. The van der Waals surface area contributed by atoms with E-state index in [9.17, 15) is 4.79 Å². The molecule has 0 aliphatic heterocycles. The Morgan fingerprint density at radius 3 is 2.04 bits per heavy atom. The zero-order chi connectivity index (χ0) is 18.0. The lowest BCUT2D eigenvalue weighted by molar-refractivity contribution is 0.111. The van der Waals surface area contributed by atoms with E-state index in [0.717, 1.165) is 37.8 Å². The van der Waals surface area contributed by atoms with Gasteiger partial charge in [-0.1, -0.05) is 60.7 Å². The molecule has 4 heteroatoms. The van der Waals surface area contributed by atoms with Crippen molar-refractivity contribution >= 4 is 6.09 Å². The van der Waals surface area contributed by atoms with Crippen LogP contribution in [0.2, 0.25) is 0 Å². The van der Waals surface area contributed by atoms with Crippen LogP contribution in [0.1, 0.15) is 36.8 Å². The molecule has 26 heavy (non-hydrogen) atoms. The van der Waals surface area contributed by atoms with Gasteiger partial charge in [-0.3, -0.25) is 0 Å². The average Bonchev–Trinajstić information content (AvgIpc) is 2.71. The van der Waals surface area contributed by atoms with Crippen LogP contribution in [-0.2, 0) is 17.8 Å². The summed E-state index contributed by atoms with van der Waals surface area (Å²) in [5.41, 5.74) is 2.41. The van der Waals surface area contributed by atoms with Crippen molar-refractivity contribution in [3.63, 3.8) is 0 Å². The number of hydrogen-bond acceptors (Lipinski definition) is 3. The number of rotatable bonds is 7. The van der Waals surface area contributed by atoms with Gasteiger partial charge < -0.3 is 15.4 Å². The third kappa shape index (κ3) is 6.19. The van der Waals surface area contributed by atoms with Gasteiger partial charge in [0, 0.05) is 19.1 Å². The van der Waals surface area contributed by atoms with E-state index >= 15 is 0 Å². The van der Waals surface area contributed by atoms with E-state index in [-0.39, 0.29) is 6.09 Å². The largest absolute Gasteiger partial charge is 0.449 e. The smallest absolute Gasteiger partial charge is 0.407 e. The molecule has 1 fully saturated rings. The summed E-state index contributed by atoms with van der Waals surface area (Å²) in [6.07, 6.45) is 4.19. The molecular weight excluding hydrogens is 324 g/mol. The molecule has 4 nitrogen and oxygen atoms in total. The first-order valence-corrected chi connectivity index (χ1v) is 9.51. The summed E-state index contributed by atoms with van der Waals surface area (Å²) < 4.78 is 5.40. The highest BCUT2D eigenvalue weighted by Gasteiger charge is 2.21. The molecule has 1 amide bonds. The normalized spacial score (nSPS) is 19.7. The van der Waals surface area contributed by atoms with Gasteiger partial charge in [-0.25, -0.2) is 4.79 Å². The topological polar surface area (TPSA) is 50.4 Å². The van der Waals surface area contributed by atoms with Crippen LogP contribution >= 0.6 is 0 Å². The molecule has 1 saturated carbocycles. The molecule has 1 aliphatic carbocycles. The van der Waals surface area contributed by atoms with Crippen LogP contribution < -0.4 is 10.6 Å². The fourth-order valence-corrected chi connectivity index (χ4v) is 3.41. The van der Waals surface area contributed by atoms with Gasteiger partial charge in [0.1, 0.15) is 0 Å². The summed E-state index contributed by atoms with van der Waals surface area (Å²) >= 11 is 0. The van der Waals surface area contributed by atoms with Crippen molar-refractivity contribution in [1.82, 2.24) is 10.6 Å². The Bertz CT molecular complexity index is 652. The van der Waals surface area contributed by atoms with E-state index in [2.05, 4.69) is 34.9 Å². The SMILES string of the molecule is O=C(NCc1ccccc1)OCC1CCC(NCc2ccccc2)CC1. The Balaban J connectivity index is 1.28. The highest BCUT2D eigenvalue weighted by Crippen LogP contribution is 2.24. The van der Waals surface area contributed by atoms with Crippen LogP contribution in [0.25, 0.3) is 0 Å². The first-order valence-electron chi connectivity index (χ1n) is 9.51. The predicted octanol–water partition coefficient (Wildman–Crippen LogP) is 4.26. The van der Waals surface area contributed by atoms with E-state index in [0.29, 0.717) is 25.1 Å². The molecule has 0 spiro atoms. The molecular formula is C22H28N2O2. The van der Waals surface area contributed by atoms with Gasteiger partial charge >= 0.3 is 6.09 Å². The van der Waals surface area contributed by atoms with Crippen molar-refractivity contribution in [2.24, 2.45) is 5.92 Å². The molecule has 2 aromatic rings. The summed E-state index contributed by atoms with van der Waals surface area (Å²) in [6, 6.07) is 21.0. The Morgan fingerprint density at radius 1 is 0.846 bits per heavy atom. The van der Waals surface area contributed by atoms with Crippen LogP contribution in [0.5, 0.6) is 0 Å². The molecule has 0 unspecified atom stereocenters. The molecule has 0 aromatic heterocycles. The Hall–Kier alpha value is -2.33. The second-order valence-electron chi connectivity index (χ2n) is 7.02. The molecule has 3 rings (SSSR count). The number of benzene rings is 2. The van der Waals surface area contributed by atoms with Gasteiger partial charge in [0.2, 0.25) is 0 Å². The summed E-state index contributed by atoms with van der Waals surface area (Å²) in [7, 11) is 0. The molecule has 1 aliphatic rings. The Labute approximate surface area is 156 Å². The fraction of sp³-hybridized carbons (Fsp3) is 0.409. The summed E-state index contributed by atoms with van der Waals surface area (Å²) in [4.78, 5) is 11.8. The highest BCUT2D eigenvalue weighted by molar-refractivity contribution is 5.67. The lowest BCUT2D eigenvalue weighted by Gasteiger charge is -2.29. The number of amides is 1. The van der Waals surface area contributed by atoms with Gasteiger partial charge in [-0.2, -0.15) is 0 Å².